The topological polar surface area (TPSA) is 38.8 Å². The summed E-state index contributed by atoms with van der Waals surface area (Å²) in [7, 11) is 0. The van der Waals surface area contributed by atoms with Gasteiger partial charge in [-0.25, -0.2) is 0 Å². The molecule has 1 heterocycles. The van der Waals surface area contributed by atoms with E-state index in [0.717, 1.165) is 11.1 Å². The minimum absolute atomic E-state index is 0.0327. The van der Waals surface area contributed by atoms with Crippen molar-refractivity contribution in [2.75, 3.05) is 18.4 Å². The molecule has 1 fully saturated rings. The standard InChI is InChI=1S/C16H22BrNO3/c1-11(2)20-14-6-4-5-13(7-14)16(19)18-9-12(3)21-15(8-17)10-18/h4-7,11-12,15H,8-10H2,1-3H3. The van der Waals surface area contributed by atoms with E-state index in [2.05, 4.69) is 15.9 Å². The summed E-state index contributed by atoms with van der Waals surface area (Å²) in [6, 6.07) is 7.38. The number of rotatable bonds is 4. The van der Waals surface area contributed by atoms with Gasteiger partial charge in [-0.2, -0.15) is 0 Å². The number of morpholine rings is 1. The molecule has 21 heavy (non-hydrogen) atoms. The van der Waals surface area contributed by atoms with Crippen molar-refractivity contribution < 1.29 is 14.3 Å². The first-order chi connectivity index (χ1) is 9.99. The van der Waals surface area contributed by atoms with E-state index < -0.39 is 0 Å². The summed E-state index contributed by atoms with van der Waals surface area (Å²) in [6.45, 7) is 7.17. The summed E-state index contributed by atoms with van der Waals surface area (Å²) in [4.78, 5) is 14.5. The highest BCUT2D eigenvalue weighted by Crippen LogP contribution is 2.19. The quantitative estimate of drug-likeness (QED) is 0.779. The molecule has 5 heteroatoms. The first-order valence-corrected chi connectivity index (χ1v) is 8.39. The number of ether oxygens (including phenoxy) is 2. The number of amides is 1. The van der Waals surface area contributed by atoms with Crippen molar-refractivity contribution in [3.8, 4) is 5.75 Å². The normalized spacial score (nSPS) is 22.4. The van der Waals surface area contributed by atoms with Gasteiger partial charge < -0.3 is 14.4 Å². The van der Waals surface area contributed by atoms with Crippen LogP contribution in [0.2, 0.25) is 0 Å². The third-order valence-corrected chi connectivity index (χ3v) is 3.96. The zero-order chi connectivity index (χ0) is 15.4. The predicted molar refractivity (Wildman–Crippen MR) is 86.2 cm³/mol. The Bertz CT molecular complexity index is 492. The van der Waals surface area contributed by atoms with Crippen LogP contribution in [0.1, 0.15) is 31.1 Å². The van der Waals surface area contributed by atoms with Gasteiger partial charge in [0.05, 0.1) is 18.3 Å². The predicted octanol–water partition coefficient (Wildman–Crippen LogP) is 3.10. The van der Waals surface area contributed by atoms with Crippen LogP contribution in [0.15, 0.2) is 24.3 Å². The van der Waals surface area contributed by atoms with Crippen LogP contribution in [-0.4, -0.2) is 47.5 Å². The number of halogens is 1. The van der Waals surface area contributed by atoms with Gasteiger partial charge in [-0.3, -0.25) is 4.79 Å². The molecule has 0 bridgehead atoms. The molecule has 2 atom stereocenters. The summed E-state index contributed by atoms with van der Waals surface area (Å²) < 4.78 is 11.4. The summed E-state index contributed by atoms with van der Waals surface area (Å²) in [5.41, 5.74) is 0.663. The molecule has 0 aliphatic carbocycles. The first kappa shape index (κ1) is 16.3. The Morgan fingerprint density at radius 1 is 1.48 bits per heavy atom. The number of benzene rings is 1. The first-order valence-electron chi connectivity index (χ1n) is 7.27. The van der Waals surface area contributed by atoms with Gasteiger partial charge >= 0.3 is 0 Å². The van der Waals surface area contributed by atoms with E-state index in [1.54, 1.807) is 0 Å². The van der Waals surface area contributed by atoms with Crippen LogP contribution in [0, 0.1) is 0 Å². The second kappa shape index (κ2) is 7.27. The summed E-state index contributed by atoms with van der Waals surface area (Å²) in [5, 5.41) is 0.734. The van der Waals surface area contributed by atoms with Crippen LogP contribution in [0.4, 0.5) is 0 Å². The van der Waals surface area contributed by atoms with Crippen molar-refractivity contribution in [1.29, 1.82) is 0 Å². The van der Waals surface area contributed by atoms with Crippen molar-refractivity contribution in [3.05, 3.63) is 29.8 Å². The van der Waals surface area contributed by atoms with Crippen LogP contribution >= 0.6 is 15.9 Å². The van der Waals surface area contributed by atoms with Gasteiger partial charge in [0.1, 0.15) is 5.75 Å². The maximum atomic E-state index is 12.6. The zero-order valence-electron chi connectivity index (χ0n) is 12.7. The fourth-order valence-electron chi connectivity index (χ4n) is 2.45. The van der Waals surface area contributed by atoms with Gasteiger partial charge in [0.25, 0.3) is 5.91 Å². The average molecular weight is 356 g/mol. The smallest absolute Gasteiger partial charge is 0.254 e. The monoisotopic (exact) mass is 355 g/mol. The molecule has 0 saturated carbocycles. The van der Waals surface area contributed by atoms with Crippen molar-refractivity contribution >= 4 is 21.8 Å². The fraction of sp³-hybridized carbons (Fsp3) is 0.562. The molecular weight excluding hydrogens is 334 g/mol. The van der Waals surface area contributed by atoms with E-state index in [0.29, 0.717) is 18.7 Å². The van der Waals surface area contributed by atoms with E-state index in [1.807, 2.05) is 49.9 Å². The second-order valence-electron chi connectivity index (χ2n) is 5.63. The molecule has 2 rings (SSSR count). The number of nitrogens with zero attached hydrogens (tertiary/aromatic N) is 1. The van der Waals surface area contributed by atoms with Gasteiger partial charge in [0, 0.05) is 24.0 Å². The van der Waals surface area contributed by atoms with Crippen molar-refractivity contribution in [2.24, 2.45) is 0 Å². The molecule has 2 unspecified atom stereocenters. The molecule has 116 valence electrons. The van der Waals surface area contributed by atoms with Crippen LogP contribution in [0.3, 0.4) is 0 Å². The third-order valence-electron chi connectivity index (χ3n) is 3.24. The SMILES string of the molecule is CC(C)Oc1cccc(C(=O)N2CC(C)OC(CBr)C2)c1. The Labute approximate surface area is 134 Å². The van der Waals surface area contributed by atoms with Crippen molar-refractivity contribution in [2.45, 2.75) is 39.1 Å². The van der Waals surface area contributed by atoms with Gasteiger partial charge in [0.15, 0.2) is 0 Å². The molecular formula is C16H22BrNO3. The number of carbonyl (C=O) groups excluding carboxylic acids is 1. The molecule has 0 spiro atoms. The van der Waals surface area contributed by atoms with Crippen molar-refractivity contribution in [1.82, 2.24) is 4.90 Å². The molecule has 4 nitrogen and oxygen atoms in total. The summed E-state index contributed by atoms with van der Waals surface area (Å²) in [5.74, 6) is 0.763. The van der Waals surface area contributed by atoms with Crippen molar-refractivity contribution in [3.63, 3.8) is 0 Å². The van der Waals surface area contributed by atoms with E-state index >= 15 is 0 Å². The molecule has 1 aliphatic heterocycles. The van der Waals surface area contributed by atoms with E-state index in [1.165, 1.54) is 0 Å². The van der Waals surface area contributed by atoms with Crippen LogP contribution < -0.4 is 4.74 Å². The average Bonchev–Trinajstić information content (AvgIpc) is 2.45. The van der Waals surface area contributed by atoms with Crippen LogP contribution in [0.5, 0.6) is 5.75 Å². The molecule has 0 aromatic heterocycles. The van der Waals surface area contributed by atoms with Gasteiger partial charge in [-0.15, -0.1) is 0 Å². The Morgan fingerprint density at radius 2 is 2.24 bits per heavy atom. The van der Waals surface area contributed by atoms with E-state index in [4.69, 9.17) is 9.47 Å². The number of alkyl halides is 1. The molecule has 0 radical (unpaired) electrons. The minimum Gasteiger partial charge on any atom is -0.491 e. The number of carbonyl (C=O) groups is 1. The summed E-state index contributed by atoms with van der Waals surface area (Å²) >= 11 is 3.43. The highest BCUT2D eigenvalue weighted by atomic mass is 79.9. The zero-order valence-corrected chi connectivity index (χ0v) is 14.3. The highest BCUT2D eigenvalue weighted by Gasteiger charge is 2.28. The second-order valence-corrected chi connectivity index (χ2v) is 6.28. The largest absolute Gasteiger partial charge is 0.491 e. The fourth-order valence-corrected chi connectivity index (χ4v) is 2.81. The maximum Gasteiger partial charge on any atom is 0.254 e. The molecule has 1 amide bonds. The molecule has 1 aliphatic rings. The number of hydrogen-bond donors (Lipinski definition) is 0. The van der Waals surface area contributed by atoms with E-state index in [-0.39, 0.29) is 24.2 Å². The lowest BCUT2D eigenvalue weighted by Gasteiger charge is -2.36. The molecule has 1 aromatic carbocycles. The van der Waals surface area contributed by atoms with Gasteiger partial charge in [0.2, 0.25) is 0 Å². The van der Waals surface area contributed by atoms with Gasteiger partial charge in [-0.1, -0.05) is 22.0 Å². The molecule has 1 aromatic rings. The summed E-state index contributed by atoms with van der Waals surface area (Å²) in [6.07, 6.45) is 0.199. The Kier molecular flexibility index (Phi) is 5.65. The van der Waals surface area contributed by atoms with Crippen LogP contribution in [-0.2, 0) is 4.74 Å². The lowest BCUT2D eigenvalue weighted by atomic mass is 10.1. The Morgan fingerprint density at radius 3 is 2.90 bits per heavy atom. The molecule has 0 N–H and O–H groups in total. The lowest BCUT2D eigenvalue weighted by molar-refractivity contribution is -0.0559. The number of hydrogen-bond acceptors (Lipinski definition) is 3. The Balaban J connectivity index is 2.11. The van der Waals surface area contributed by atoms with Gasteiger partial charge in [-0.05, 0) is 39.0 Å². The highest BCUT2D eigenvalue weighted by molar-refractivity contribution is 9.09. The molecule has 1 saturated heterocycles. The lowest BCUT2D eigenvalue weighted by Crippen LogP contribution is -2.49. The maximum absolute atomic E-state index is 12.6. The third kappa shape index (κ3) is 4.45. The Hall–Kier alpha value is -1.07. The minimum atomic E-state index is 0.0327. The van der Waals surface area contributed by atoms with E-state index in [9.17, 15) is 4.79 Å². The van der Waals surface area contributed by atoms with Crippen LogP contribution in [0.25, 0.3) is 0 Å².